The molecule has 96 valence electrons. The van der Waals surface area contributed by atoms with Crippen molar-refractivity contribution >= 4 is 26.0 Å². The minimum atomic E-state index is -3.57. The summed E-state index contributed by atoms with van der Waals surface area (Å²) in [5, 5.41) is 1.38. The van der Waals surface area contributed by atoms with Gasteiger partial charge in [0.15, 0.2) is 0 Å². The first-order valence-electron chi connectivity index (χ1n) is 4.97. The Morgan fingerprint density at radius 3 is 2.47 bits per heavy atom. The molecule has 17 heavy (non-hydrogen) atoms. The van der Waals surface area contributed by atoms with Crippen molar-refractivity contribution in [2.24, 2.45) is 5.73 Å². The number of aryl methyl sites for hydroxylation is 1. The summed E-state index contributed by atoms with van der Waals surface area (Å²) < 4.78 is 24.7. The Morgan fingerprint density at radius 1 is 1.41 bits per heavy atom. The van der Waals surface area contributed by atoms with Crippen molar-refractivity contribution in [1.82, 2.24) is 9.84 Å². The Hall–Kier alpha value is -0.470. The third kappa shape index (κ3) is 3.49. The number of nitrogens with one attached hydrogen (secondary N) is 1. The molecule has 1 aromatic rings. The van der Waals surface area contributed by atoms with Gasteiger partial charge in [0.1, 0.15) is 0 Å². The highest BCUT2D eigenvalue weighted by Crippen LogP contribution is 2.27. The summed E-state index contributed by atoms with van der Waals surface area (Å²) in [5.41, 5.74) is 7.16. The van der Waals surface area contributed by atoms with E-state index in [2.05, 4.69) is 20.8 Å². The highest BCUT2D eigenvalue weighted by atomic mass is 79.9. The van der Waals surface area contributed by atoms with Crippen LogP contribution in [0.15, 0.2) is 21.5 Å². The fourth-order valence-corrected chi connectivity index (χ4v) is 3.56. The Morgan fingerprint density at radius 2 is 2.00 bits per heavy atom. The average molecular weight is 322 g/mol. The van der Waals surface area contributed by atoms with E-state index >= 15 is 0 Å². The predicted octanol–water partition coefficient (Wildman–Crippen LogP) is 0.971. The highest BCUT2D eigenvalue weighted by molar-refractivity contribution is 9.10. The maximum absolute atomic E-state index is 12.1. The van der Waals surface area contributed by atoms with Crippen LogP contribution in [-0.4, -0.2) is 27.5 Å². The lowest BCUT2D eigenvalue weighted by atomic mass is 10.1. The first-order valence-corrected chi connectivity index (χ1v) is 7.24. The van der Waals surface area contributed by atoms with Crippen LogP contribution in [-0.2, 0) is 16.6 Å². The molecule has 0 radical (unpaired) electrons. The summed E-state index contributed by atoms with van der Waals surface area (Å²) in [7, 11) is -0.339. The molecule has 5 nitrogen and oxygen atoms in total. The Labute approximate surface area is 110 Å². The summed E-state index contributed by atoms with van der Waals surface area (Å²) in [5.74, 6) is 0. The Kier molecular flexibility index (Phi) is 4.68. The van der Waals surface area contributed by atoms with Crippen LogP contribution in [0.4, 0.5) is 0 Å². The molecule has 0 saturated heterocycles. The number of hydrazine groups is 1. The first kappa shape index (κ1) is 14.6. The Balaban J connectivity index is 3.35. The molecule has 0 aliphatic heterocycles. The van der Waals surface area contributed by atoms with Crippen molar-refractivity contribution in [2.45, 2.75) is 18.4 Å². The van der Waals surface area contributed by atoms with Crippen LogP contribution in [0.2, 0.25) is 0 Å². The van der Waals surface area contributed by atoms with E-state index < -0.39 is 10.0 Å². The van der Waals surface area contributed by atoms with E-state index in [-0.39, 0.29) is 4.90 Å². The van der Waals surface area contributed by atoms with Gasteiger partial charge in [-0.1, -0.05) is 6.07 Å². The second-order valence-corrected chi connectivity index (χ2v) is 6.34. The second kappa shape index (κ2) is 5.45. The summed E-state index contributed by atoms with van der Waals surface area (Å²) in [6.07, 6.45) is 0. The van der Waals surface area contributed by atoms with Crippen molar-refractivity contribution < 1.29 is 8.42 Å². The summed E-state index contributed by atoms with van der Waals surface area (Å²) in [6, 6.07) is 3.43. The zero-order valence-corrected chi connectivity index (χ0v) is 12.4. The van der Waals surface area contributed by atoms with Crippen molar-refractivity contribution in [2.75, 3.05) is 14.1 Å². The van der Waals surface area contributed by atoms with Crippen LogP contribution in [0, 0.1) is 6.92 Å². The third-order valence-corrected chi connectivity index (χ3v) is 4.93. The van der Waals surface area contributed by atoms with Gasteiger partial charge < -0.3 is 5.73 Å². The monoisotopic (exact) mass is 321 g/mol. The molecule has 0 fully saturated rings. The van der Waals surface area contributed by atoms with E-state index in [0.29, 0.717) is 11.0 Å². The van der Waals surface area contributed by atoms with E-state index in [1.165, 1.54) is 5.01 Å². The van der Waals surface area contributed by atoms with Crippen LogP contribution in [0.25, 0.3) is 0 Å². The first-order chi connectivity index (χ1) is 7.77. The normalized spacial score (nSPS) is 12.1. The van der Waals surface area contributed by atoms with Crippen LogP contribution >= 0.6 is 15.9 Å². The van der Waals surface area contributed by atoms with E-state index in [0.717, 1.165) is 11.1 Å². The van der Waals surface area contributed by atoms with E-state index in [9.17, 15) is 8.42 Å². The topological polar surface area (TPSA) is 75.4 Å². The van der Waals surface area contributed by atoms with Crippen molar-refractivity contribution in [3.8, 4) is 0 Å². The lowest BCUT2D eigenvalue weighted by molar-refractivity contribution is 0.364. The van der Waals surface area contributed by atoms with Gasteiger partial charge in [-0.2, -0.15) is 0 Å². The van der Waals surface area contributed by atoms with Gasteiger partial charge in [0.2, 0.25) is 0 Å². The van der Waals surface area contributed by atoms with Gasteiger partial charge in [-0.15, -0.1) is 4.83 Å². The molecule has 0 unspecified atom stereocenters. The summed E-state index contributed by atoms with van der Waals surface area (Å²) in [6.45, 7) is 2.14. The smallest absolute Gasteiger partial charge is 0.254 e. The third-order valence-electron chi connectivity index (χ3n) is 2.11. The van der Waals surface area contributed by atoms with Crippen molar-refractivity contribution in [1.29, 1.82) is 0 Å². The van der Waals surface area contributed by atoms with Crippen molar-refractivity contribution in [3.63, 3.8) is 0 Å². The van der Waals surface area contributed by atoms with Gasteiger partial charge in [-0.25, -0.2) is 13.4 Å². The fourth-order valence-electron chi connectivity index (χ4n) is 1.41. The van der Waals surface area contributed by atoms with Crippen LogP contribution < -0.4 is 10.6 Å². The number of nitrogens with two attached hydrogens (primary N) is 1. The number of nitrogens with zero attached hydrogens (tertiary/aromatic N) is 1. The largest absolute Gasteiger partial charge is 0.326 e. The van der Waals surface area contributed by atoms with Gasteiger partial charge in [-0.05, 0) is 40.0 Å². The van der Waals surface area contributed by atoms with Gasteiger partial charge in [0.05, 0.1) is 4.90 Å². The molecule has 1 aromatic carbocycles. The molecule has 1 rings (SSSR count). The molecular weight excluding hydrogens is 306 g/mol. The number of sulfonamides is 1. The lowest BCUT2D eigenvalue weighted by Crippen LogP contribution is -2.36. The number of halogens is 1. The molecule has 0 aromatic heterocycles. The SMILES string of the molecule is Cc1cc(CN)cc(S(=O)(=O)NN(C)C)c1Br. The van der Waals surface area contributed by atoms with Gasteiger partial charge >= 0.3 is 0 Å². The quantitative estimate of drug-likeness (QED) is 0.810. The molecule has 0 atom stereocenters. The highest BCUT2D eigenvalue weighted by Gasteiger charge is 2.20. The van der Waals surface area contributed by atoms with E-state index in [1.54, 1.807) is 20.2 Å². The minimum absolute atomic E-state index is 0.201. The Bertz CT molecular complexity index is 515. The van der Waals surface area contributed by atoms with E-state index in [4.69, 9.17) is 5.73 Å². The molecule has 0 spiro atoms. The number of hydrogen-bond donors (Lipinski definition) is 2. The molecule has 0 bridgehead atoms. The summed E-state index contributed by atoms with van der Waals surface area (Å²) in [4.78, 5) is 2.59. The fraction of sp³-hybridized carbons (Fsp3) is 0.400. The molecule has 0 heterocycles. The minimum Gasteiger partial charge on any atom is -0.326 e. The molecular formula is C10H16BrN3O2S. The molecule has 0 saturated carbocycles. The second-order valence-electron chi connectivity index (χ2n) is 3.92. The number of hydrogen-bond acceptors (Lipinski definition) is 4. The number of benzene rings is 1. The molecule has 0 aliphatic rings. The van der Waals surface area contributed by atoms with Gasteiger partial charge in [0, 0.05) is 25.1 Å². The van der Waals surface area contributed by atoms with Crippen molar-refractivity contribution in [3.05, 3.63) is 27.7 Å². The van der Waals surface area contributed by atoms with Crippen LogP contribution in [0.3, 0.4) is 0 Å². The predicted molar refractivity (Wildman–Crippen MR) is 70.8 cm³/mol. The van der Waals surface area contributed by atoms with Gasteiger partial charge in [0.25, 0.3) is 10.0 Å². The molecule has 3 N–H and O–H groups in total. The van der Waals surface area contributed by atoms with Crippen LogP contribution in [0.1, 0.15) is 11.1 Å². The van der Waals surface area contributed by atoms with Crippen LogP contribution in [0.5, 0.6) is 0 Å². The molecule has 0 amide bonds. The molecule has 0 aliphatic carbocycles. The average Bonchev–Trinajstić information content (AvgIpc) is 2.19. The molecule has 7 heteroatoms. The standard InChI is InChI=1S/C10H16BrN3O2S/c1-7-4-8(6-12)5-9(10(7)11)17(15,16)13-14(2)3/h4-5,13H,6,12H2,1-3H3. The maximum atomic E-state index is 12.1. The lowest BCUT2D eigenvalue weighted by Gasteiger charge is -2.15. The maximum Gasteiger partial charge on any atom is 0.254 e. The zero-order chi connectivity index (χ0) is 13.2. The number of rotatable bonds is 4. The van der Waals surface area contributed by atoms with Gasteiger partial charge in [-0.3, -0.25) is 0 Å². The summed E-state index contributed by atoms with van der Waals surface area (Å²) >= 11 is 3.29. The zero-order valence-electron chi connectivity index (χ0n) is 9.99. The van der Waals surface area contributed by atoms with E-state index in [1.807, 2.05) is 13.0 Å².